The zero-order valence-corrected chi connectivity index (χ0v) is 12.2. The number of nitro groups is 1. The van der Waals surface area contributed by atoms with E-state index in [1.807, 2.05) is 38.0 Å². The highest BCUT2D eigenvalue weighted by molar-refractivity contribution is 6.31. The van der Waals surface area contributed by atoms with Gasteiger partial charge in [-0.3, -0.25) is 10.1 Å². The zero-order chi connectivity index (χ0) is 14.6. The second kappa shape index (κ2) is 6.38. The van der Waals surface area contributed by atoms with E-state index >= 15 is 0 Å². The molecule has 0 spiro atoms. The van der Waals surface area contributed by atoms with Crippen LogP contribution in [-0.4, -0.2) is 48.9 Å². The lowest BCUT2D eigenvalue weighted by molar-refractivity contribution is -0.384. The lowest BCUT2D eigenvalue weighted by Gasteiger charge is -2.22. The predicted molar refractivity (Wildman–Crippen MR) is 76.6 cm³/mol. The average Bonchev–Trinajstić information content (AvgIpc) is 2.30. The summed E-state index contributed by atoms with van der Waals surface area (Å²) in [4.78, 5) is 18.4. The summed E-state index contributed by atoms with van der Waals surface area (Å²) < 4.78 is 0. The molecule has 0 saturated carbocycles. The molecule has 7 heteroatoms. The standard InChI is InChI=1S/C12H17ClN4O2/c1-15(2)12(16(3)4)14-8-9-7-10(17(18)19)5-6-11(9)13/h5-7H,8H2,1-4H3. The molecular formula is C12H17ClN4O2. The van der Waals surface area contributed by atoms with Crippen LogP contribution in [0.5, 0.6) is 0 Å². The first-order chi connectivity index (χ1) is 8.82. The SMILES string of the molecule is CN(C)C(=NCc1cc([N+](=O)[O-])ccc1Cl)N(C)C. The van der Waals surface area contributed by atoms with Crippen LogP contribution in [0.15, 0.2) is 23.2 Å². The highest BCUT2D eigenvalue weighted by Crippen LogP contribution is 2.22. The van der Waals surface area contributed by atoms with E-state index in [2.05, 4.69) is 4.99 Å². The summed E-state index contributed by atoms with van der Waals surface area (Å²) >= 11 is 6.02. The third-order valence-electron chi connectivity index (χ3n) is 2.43. The molecule has 0 aliphatic carbocycles. The molecule has 0 unspecified atom stereocenters. The summed E-state index contributed by atoms with van der Waals surface area (Å²) in [5.41, 5.74) is 0.655. The van der Waals surface area contributed by atoms with Gasteiger partial charge in [-0.05, 0) is 11.6 Å². The highest BCUT2D eigenvalue weighted by atomic mass is 35.5. The van der Waals surface area contributed by atoms with Crippen molar-refractivity contribution in [2.75, 3.05) is 28.2 Å². The number of non-ortho nitro benzene ring substituents is 1. The van der Waals surface area contributed by atoms with Gasteiger partial charge in [-0.2, -0.15) is 0 Å². The predicted octanol–water partition coefficient (Wildman–Crippen LogP) is 2.23. The monoisotopic (exact) mass is 284 g/mol. The quantitative estimate of drug-likeness (QED) is 0.370. The van der Waals surface area contributed by atoms with Gasteiger partial charge in [0.25, 0.3) is 5.69 Å². The van der Waals surface area contributed by atoms with E-state index in [1.54, 1.807) is 0 Å². The molecule has 19 heavy (non-hydrogen) atoms. The Kier molecular flexibility index (Phi) is 5.11. The van der Waals surface area contributed by atoms with Crippen molar-refractivity contribution >= 4 is 23.2 Å². The van der Waals surface area contributed by atoms with Gasteiger partial charge < -0.3 is 9.80 Å². The Hall–Kier alpha value is -1.82. The number of halogens is 1. The Morgan fingerprint density at radius 2 is 1.89 bits per heavy atom. The maximum absolute atomic E-state index is 10.7. The minimum absolute atomic E-state index is 0.0193. The summed E-state index contributed by atoms with van der Waals surface area (Å²) in [6.07, 6.45) is 0. The number of hydrogen-bond acceptors (Lipinski definition) is 3. The normalized spacial score (nSPS) is 9.95. The molecule has 0 aromatic heterocycles. The molecule has 104 valence electrons. The average molecular weight is 285 g/mol. The highest BCUT2D eigenvalue weighted by Gasteiger charge is 2.10. The molecule has 0 radical (unpaired) electrons. The first-order valence-corrected chi connectivity index (χ1v) is 6.02. The fourth-order valence-electron chi connectivity index (χ4n) is 1.63. The van der Waals surface area contributed by atoms with E-state index in [0.717, 1.165) is 5.96 Å². The van der Waals surface area contributed by atoms with Crippen LogP contribution < -0.4 is 0 Å². The molecular weight excluding hydrogens is 268 g/mol. The number of aliphatic imine (C=N–C) groups is 1. The second-order valence-electron chi connectivity index (χ2n) is 4.44. The zero-order valence-electron chi connectivity index (χ0n) is 11.4. The van der Waals surface area contributed by atoms with E-state index in [4.69, 9.17) is 11.6 Å². The molecule has 1 rings (SSSR count). The Balaban J connectivity index is 3.01. The Labute approximate surface area is 117 Å². The van der Waals surface area contributed by atoms with Crippen molar-refractivity contribution < 1.29 is 4.92 Å². The molecule has 0 aliphatic rings. The van der Waals surface area contributed by atoms with Gasteiger partial charge in [-0.15, -0.1) is 0 Å². The fourth-order valence-corrected chi connectivity index (χ4v) is 1.81. The second-order valence-corrected chi connectivity index (χ2v) is 4.85. The molecule has 0 bridgehead atoms. The van der Waals surface area contributed by atoms with Crippen molar-refractivity contribution in [2.24, 2.45) is 4.99 Å². The third kappa shape index (κ3) is 4.10. The molecule has 0 atom stereocenters. The Morgan fingerprint density at radius 1 is 1.32 bits per heavy atom. The van der Waals surface area contributed by atoms with Gasteiger partial charge in [0.05, 0.1) is 11.5 Å². The number of benzene rings is 1. The van der Waals surface area contributed by atoms with Crippen molar-refractivity contribution in [3.8, 4) is 0 Å². The molecule has 0 aliphatic heterocycles. The van der Waals surface area contributed by atoms with Crippen molar-refractivity contribution in [3.63, 3.8) is 0 Å². The fraction of sp³-hybridized carbons (Fsp3) is 0.417. The van der Waals surface area contributed by atoms with Gasteiger partial charge >= 0.3 is 0 Å². The molecule has 1 aromatic carbocycles. The van der Waals surface area contributed by atoms with Gasteiger partial charge in [0.1, 0.15) is 0 Å². The molecule has 1 aromatic rings. The number of hydrogen-bond donors (Lipinski definition) is 0. The minimum Gasteiger partial charge on any atom is -0.349 e. The molecule has 6 nitrogen and oxygen atoms in total. The summed E-state index contributed by atoms with van der Waals surface area (Å²) in [5.74, 6) is 0.766. The smallest absolute Gasteiger partial charge is 0.269 e. The Morgan fingerprint density at radius 3 is 2.37 bits per heavy atom. The van der Waals surface area contributed by atoms with Gasteiger partial charge in [0, 0.05) is 45.3 Å². The third-order valence-corrected chi connectivity index (χ3v) is 2.80. The van der Waals surface area contributed by atoms with Gasteiger partial charge in [-0.25, -0.2) is 4.99 Å². The maximum atomic E-state index is 10.7. The van der Waals surface area contributed by atoms with E-state index < -0.39 is 4.92 Å². The topological polar surface area (TPSA) is 62.0 Å². The summed E-state index contributed by atoms with van der Waals surface area (Å²) in [6, 6.07) is 4.36. The minimum atomic E-state index is -0.442. The Bertz CT molecular complexity index is 491. The summed E-state index contributed by atoms with van der Waals surface area (Å²) in [5, 5.41) is 11.2. The van der Waals surface area contributed by atoms with Gasteiger partial charge in [0.15, 0.2) is 5.96 Å². The van der Waals surface area contributed by atoms with Crippen LogP contribution in [0.4, 0.5) is 5.69 Å². The van der Waals surface area contributed by atoms with Crippen molar-refractivity contribution in [2.45, 2.75) is 6.54 Å². The lowest BCUT2D eigenvalue weighted by atomic mass is 10.2. The molecule has 0 fully saturated rings. The van der Waals surface area contributed by atoms with Crippen LogP contribution in [0.25, 0.3) is 0 Å². The summed E-state index contributed by atoms with van der Waals surface area (Å²) in [7, 11) is 7.53. The molecule has 0 heterocycles. The van der Waals surface area contributed by atoms with Crippen molar-refractivity contribution in [3.05, 3.63) is 38.9 Å². The van der Waals surface area contributed by atoms with E-state index in [0.29, 0.717) is 17.1 Å². The first kappa shape index (κ1) is 15.2. The van der Waals surface area contributed by atoms with Crippen molar-refractivity contribution in [1.82, 2.24) is 9.80 Å². The van der Waals surface area contributed by atoms with Crippen LogP contribution in [0, 0.1) is 10.1 Å². The summed E-state index contributed by atoms with van der Waals surface area (Å²) in [6.45, 7) is 0.298. The number of rotatable bonds is 3. The van der Waals surface area contributed by atoms with Crippen LogP contribution in [0.2, 0.25) is 5.02 Å². The largest absolute Gasteiger partial charge is 0.349 e. The van der Waals surface area contributed by atoms with E-state index in [-0.39, 0.29) is 5.69 Å². The lowest BCUT2D eigenvalue weighted by Crippen LogP contribution is -2.35. The van der Waals surface area contributed by atoms with Crippen LogP contribution in [-0.2, 0) is 6.54 Å². The first-order valence-electron chi connectivity index (χ1n) is 5.65. The van der Waals surface area contributed by atoms with E-state index in [9.17, 15) is 10.1 Å². The number of nitro benzene ring substituents is 1. The number of guanidine groups is 1. The molecule has 0 saturated heterocycles. The number of nitrogens with zero attached hydrogens (tertiary/aromatic N) is 4. The van der Waals surface area contributed by atoms with Gasteiger partial charge in [0.2, 0.25) is 0 Å². The molecule has 0 N–H and O–H groups in total. The van der Waals surface area contributed by atoms with E-state index in [1.165, 1.54) is 18.2 Å². The maximum Gasteiger partial charge on any atom is 0.269 e. The molecule has 0 amide bonds. The van der Waals surface area contributed by atoms with Gasteiger partial charge in [-0.1, -0.05) is 11.6 Å². The van der Waals surface area contributed by atoms with Crippen molar-refractivity contribution in [1.29, 1.82) is 0 Å². The van der Waals surface area contributed by atoms with Crippen LogP contribution in [0.1, 0.15) is 5.56 Å². The van der Waals surface area contributed by atoms with Crippen LogP contribution in [0.3, 0.4) is 0 Å². The van der Waals surface area contributed by atoms with Crippen LogP contribution >= 0.6 is 11.6 Å².